The third-order valence-corrected chi connectivity index (χ3v) is 3.18. The van der Waals surface area contributed by atoms with Crippen molar-refractivity contribution in [3.05, 3.63) is 18.1 Å². The SMILES string of the molecule is CN(c1cncc(CCl)n1)C1CCOCC1. The number of alkyl halides is 1. The van der Waals surface area contributed by atoms with E-state index in [2.05, 4.69) is 21.9 Å². The summed E-state index contributed by atoms with van der Waals surface area (Å²) in [6.45, 7) is 1.66. The van der Waals surface area contributed by atoms with Crippen molar-refractivity contribution < 1.29 is 4.74 Å². The van der Waals surface area contributed by atoms with E-state index < -0.39 is 0 Å². The fourth-order valence-corrected chi connectivity index (χ4v) is 2.02. The number of rotatable bonds is 3. The van der Waals surface area contributed by atoms with E-state index in [4.69, 9.17) is 16.3 Å². The van der Waals surface area contributed by atoms with Gasteiger partial charge < -0.3 is 9.64 Å². The van der Waals surface area contributed by atoms with Gasteiger partial charge in [0.15, 0.2) is 0 Å². The molecule has 1 aromatic heterocycles. The molecule has 2 heterocycles. The molecule has 0 atom stereocenters. The Morgan fingerprint density at radius 2 is 2.19 bits per heavy atom. The largest absolute Gasteiger partial charge is 0.381 e. The van der Waals surface area contributed by atoms with Crippen LogP contribution in [0.3, 0.4) is 0 Å². The molecular formula is C11H16ClN3O. The Hall–Kier alpha value is -0.870. The molecule has 0 N–H and O–H groups in total. The van der Waals surface area contributed by atoms with Gasteiger partial charge in [0.05, 0.1) is 17.8 Å². The lowest BCUT2D eigenvalue weighted by atomic mass is 10.1. The molecule has 0 saturated carbocycles. The zero-order valence-electron chi connectivity index (χ0n) is 9.40. The summed E-state index contributed by atoms with van der Waals surface area (Å²) < 4.78 is 5.35. The van der Waals surface area contributed by atoms with Crippen LogP contribution in [-0.4, -0.2) is 36.3 Å². The lowest BCUT2D eigenvalue weighted by molar-refractivity contribution is 0.0853. The first-order valence-corrected chi connectivity index (χ1v) is 6.02. The summed E-state index contributed by atoms with van der Waals surface area (Å²) in [5, 5.41) is 0. The molecule has 0 bridgehead atoms. The second kappa shape index (κ2) is 5.46. The van der Waals surface area contributed by atoms with E-state index in [1.165, 1.54) is 0 Å². The molecule has 0 aliphatic carbocycles. The smallest absolute Gasteiger partial charge is 0.147 e. The maximum atomic E-state index is 5.75. The Morgan fingerprint density at radius 1 is 1.44 bits per heavy atom. The van der Waals surface area contributed by atoms with Crippen molar-refractivity contribution in [2.24, 2.45) is 0 Å². The number of aromatic nitrogens is 2. The molecule has 0 aromatic carbocycles. The lowest BCUT2D eigenvalue weighted by Gasteiger charge is -2.31. The highest BCUT2D eigenvalue weighted by atomic mass is 35.5. The highest BCUT2D eigenvalue weighted by molar-refractivity contribution is 6.16. The first-order chi connectivity index (χ1) is 7.81. The number of ether oxygens (including phenoxy) is 1. The average Bonchev–Trinajstić information content (AvgIpc) is 2.39. The fourth-order valence-electron chi connectivity index (χ4n) is 1.89. The Bertz CT molecular complexity index is 342. The van der Waals surface area contributed by atoms with Gasteiger partial charge in [0.2, 0.25) is 0 Å². The van der Waals surface area contributed by atoms with Gasteiger partial charge in [0, 0.05) is 32.5 Å². The van der Waals surface area contributed by atoms with Crippen LogP contribution in [0.25, 0.3) is 0 Å². The molecule has 0 unspecified atom stereocenters. The van der Waals surface area contributed by atoms with Gasteiger partial charge in [-0.05, 0) is 12.8 Å². The van der Waals surface area contributed by atoms with Crippen LogP contribution in [-0.2, 0) is 10.6 Å². The third-order valence-electron chi connectivity index (χ3n) is 2.91. The summed E-state index contributed by atoms with van der Waals surface area (Å²) in [6.07, 6.45) is 5.58. The van der Waals surface area contributed by atoms with Gasteiger partial charge in [0.1, 0.15) is 5.82 Å². The molecule has 4 nitrogen and oxygen atoms in total. The summed E-state index contributed by atoms with van der Waals surface area (Å²) in [4.78, 5) is 10.8. The van der Waals surface area contributed by atoms with Crippen molar-refractivity contribution in [1.82, 2.24) is 9.97 Å². The van der Waals surface area contributed by atoms with Gasteiger partial charge in [-0.15, -0.1) is 11.6 Å². The molecule has 0 amide bonds. The van der Waals surface area contributed by atoms with Crippen LogP contribution in [0.2, 0.25) is 0 Å². The normalized spacial score (nSPS) is 17.4. The monoisotopic (exact) mass is 241 g/mol. The summed E-state index contributed by atoms with van der Waals surface area (Å²) in [5.41, 5.74) is 0.818. The zero-order valence-corrected chi connectivity index (χ0v) is 10.2. The van der Waals surface area contributed by atoms with Crippen LogP contribution in [0, 0.1) is 0 Å². The molecule has 1 aliphatic heterocycles. The second-order valence-electron chi connectivity index (χ2n) is 3.96. The minimum atomic E-state index is 0.405. The van der Waals surface area contributed by atoms with E-state index in [1.54, 1.807) is 12.4 Å². The Kier molecular flexibility index (Phi) is 3.96. The van der Waals surface area contributed by atoms with Crippen molar-refractivity contribution in [2.45, 2.75) is 24.8 Å². The quantitative estimate of drug-likeness (QED) is 0.757. The van der Waals surface area contributed by atoms with Gasteiger partial charge in [-0.3, -0.25) is 4.98 Å². The first kappa shape index (κ1) is 11.6. The number of anilines is 1. The van der Waals surface area contributed by atoms with E-state index in [9.17, 15) is 0 Å². The minimum Gasteiger partial charge on any atom is -0.381 e. The van der Waals surface area contributed by atoms with Gasteiger partial charge in [0.25, 0.3) is 0 Å². The number of halogens is 1. The van der Waals surface area contributed by atoms with Crippen molar-refractivity contribution in [3.8, 4) is 0 Å². The van der Waals surface area contributed by atoms with E-state index >= 15 is 0 Å². The van der Waals surface area contributed by atoms with Crippen molar-refractivity contribution >= 4 is 17.4 Å². The highest BCUT2D eigenvalue weighted by Gasteiger charge is 2.19. The molecule has 1 aromatic rings. The van der Waals surface area contributed by atoms with Crippen molar-refractivity contribution in [1.29, 1.82) is 0 Å². The number of nitrogens with zero attached hydrogens (tertiary/aromatic N) is 3. The van der Waals surface area contributed by atoms with Gasteiger partial charge in [-0.1, -0.05) is 0 Å². The lowest BCUT2D eigenvalue weighted by Crippen LogP contribution is -2.37. The number of hydrogen-bond donors (Lipinski definition) is 0. The highest BCUT2D eigenvalue weighted by Crippen LogP contribution is 2.18. The molecule has 1 fully saturated rings. The number of hydrogen-bond acceptors (Lipinski definition) is 4. The molecule has 88 valence electrons. The maximum Gasteiger partial charge on any atom is 0.147 e. The van der Waals surface area contributed by atoms with Crippen LogP contribution in [0.4, 0.5) is 5.82 Å². The van der Waals surface area contributed by atoms with E-state index in [0.717, 1.165) is 37.6 Å². The van der Waals surface area contributed by atoms with E-state index in [1.807, 2.05) is 0 Å². The predicted octanol–water partition coefficient (Wildman–Crippen LogP) is 1.83. The standard InChI is InChI=1S/C11H16ClN3O/c1-15(10-2-4-16-5-3-10)11-8-13-7-9(6-12)14-11/h7-8,10H,2-6H2,1H3. The predicted molar refractivity (Wildman–Crippen MR) is 63.8 cm³/mol. The molecule has 0 spiro atoms. The van der Waals surface area contributed by atoms with Crippen LogP contribution < -0.4 is 4.90 Å². The molecule has 2 rings (SSSR count). The third kappa shape index (κ3) is 2.62. The van der Waals surface area contributed by atoms with E-state index in [0.29, 0.717) is 11.9 Å². The van der Waals surface area contributed by atoms with Crippen LogP contribution in [0.1, 0.15) is 18.5 Å². The van der Waals surface area contributed by atoms with Crippen LogP contribution >= 0.6 is 11.6 Å². The van der Waals surface area contributed by atoms with Crippen molar-refractivity contribution in [3.63, 3.8) is 0 Å². The van der Waals surface area contributed by atoms with Crippen LogP contribution in [0.5, 0.6) is 0 Å². The Labute approximate surface area is 101 Å². The zero-order chi connectivity index (χ0) is 11.4. The fraction of sp³-hybridized carbons (Fsp3) is 0.636. The Balaban J connectivity index is 2.09. The van der Waals surface area contributed by atoms with Gasteiger partial charge in [-0.25, -0.2) is 4.98 Å². The summed E-state index contributed by atoms with van der Waals surface area (Å²) >= 11 is 5.75. The second-order valence-corrected chi connectivity index (χ2v) is 4.22. The molecule has 0 radical (unpaired) electrons. The summed E-state index contributed by atoms with van der Waals surface area (Å²) in [7, 11) is 2.05. The van der Waals surface area contributed by atoms with Crippen molar-refractivity contribution in [2.75, 3.05) is 25.2 Å². The summed E-state index contributed by atoms with van der Waals surface area (Å²) in [5.74, 6) is 1.30. The van der Waals surface area contributed by atoms with Gasteiger partial charge in [-0.2, -0.15) is 0 Å². The minimum absolute atomic E-state index is 0.405. The molecule has 16 heavy (non-hydrogen) atoms. The van der Waals surface area contributed by atoms with Gasteiger partial charge >= 0.3 is 0 Å². The summed E-state index contributed by atoms with van der Waals surface area (Å²) in [6, 6.07) is 0.494. The molecule has 1 saturated heterocycles. The molecule has 5 heteroatoms. The first-order valence-electron chi connectivity index (χ1n) is 5.48. The Morgan fingerprint density at radius 3 is 2.88 bits per heavy atom. The topological polar surface area (TPSA) is 38.2 Å². The maximum absolute atomic E-state index is 5.75. The average molecular weight is 242 g/mol. The van der Waals surface area contributed by atoms with E-state index in [-0.39, 0.29) is 0 Å². The van der Waals surface area contributed by atoms with Crippen LogP contribution in [0.15, 0.2) is 12.4 Å². The molecule has 1 aliphatic rings. The molecular weight excluding hydrogens is 226 g/mol.